The van der Waals surface area contributed by atoms with Crippen LogP contribution in [0.2, 0.25) is 0 Å². The molecule has 2 aromatic heterocycles. The summed E-state index contributed by atoms with van der Waals surface area (Å²) in [7, 11) is 1.53. The largest absolute Gasteiger partial charge is 0.311 e. The van der Waals surface area contributed by atoms with Gasteiger partial charge in [0.15, 0.2) is 12.0 Å². The molecule has 0 spiro atoms. The fourth-order valence-corrected chi connectivity index (χ4v) is 2.05. The van der Waals surface area contributed by atoms with E-state index in [0.29, 0.717) is 17.5 Å². The third-order valence-electron chi connectivity index (χ3n) is 3.30. The second kappa shape index (κ2) is 7.84. The Kier molecular flexibility index (Phi) is 5.57. The van der Waals surface area contributed by atoms with E-state index in [0.717, 1.165) is 18.1 Å². The molecule has 0 radical (unpaired) electrons. The molecule has 2 aromatic rings. The number of nitriles is 1. The number of hydrogen-bond acceptors (Lipinski definition) is 7. The zero-order valence-electron chi connectivity index (χ0n) is 13.1. The summed E-state index contributed by atoms with van der Waals surface area (Å²) in [6, 6.07) is 1.76. The summed E-state index contributed by atoms with van der Waals surface area (Å²) in [4.78, 5) is 24.4. The van der Waals surface area contributed by atoms with Crippen LogP contribution in [0.25, 0.3) is 5.82 Å². The number of nitroso groups, excluding NO2 is 1. The number of aromatic nitrogens is 4. The van der Waals surface area contributed by atoms with Crippen molar-refractivity contribution in [2.45, 2.75) is 19.8 Å². The first-order valence-electron chi connectivity index (χ1n) is 7.19. The van der Waals surface area contributed by atoms with E-state index in [9.17, 15) is 4.91 Å². The predicted octanol–water partition coefficient (Wildman–Crippen LogP) is 1.65. The summed E-state index contributed by atoms with van der Waals surface area (Å²) in [5.41, 5.74) is 0. The highest BCUT2D eigenvalue weighted by Crippen LogP contribution is 2.12. The molecule has 0 saturated carbocycles. The zero-order valence-corrected chi connectivity index (χ0v) is 13.1. The predicted molar refractivity (Wildman–Crippen MR) is 84.5 cm³/mol. The number of hydrogen-bond donors (Lipinski definition) is 0. The van der Waals surface area contributed by atoms with Crippen molar-refractivity contribution in [3.63, 3.8) is 0 Å². The van der Waals surface area contributed by atoms with E-state index in [-0.39, 0.29) is 0 Å². The Morgan fingerprint density at radius 2 is 2.09 bits per heavy atom. The number of aryl methyl sites for hydroxylation is 1. The first-order valence-corrected chi connectivity index (χ1v) is 7.19. The number of likely N-dealkylation sites (tertiary alicyclic amines) is 1. The van der Waals surface area contributed by atoms with Gasteiger partial charge in [0.1, 0.15) is 18.0 Å². The second-order valence-corrected chi connectivity index (χ2v) is 5.00. The molecule has 1 fully saturated rings. The molecule has 0 unspecified atom stereocenters. The van der Waals surface area contributed by atoms with E-state index < -0.39 is 0 Å². The van der Waals surface area contributed by atoms with E-state index in [1.54, 1.807) is 41.2 Å². The van der Waals surface area contributed by atoms with Gasteiger partial charge in [-0.1, -0.05) is 0 Å². The van der Waals surface area contributed by atoms with Crippen LogP contribution >= 0.6 is 0 Å². The van der Waals surface area contributed by atoms with E-state index >= 15 is 0 Å². The van der Waals surface area contributed by atoms with E-state index in [2.05, 4.69) is 26.4 Å². The lowest BCUT2D eigenvalue weighted by Gasteiger charge is -2.02. The zero-order chi connectivity index (χ0) is 16.7. The highest BCUT2D eigenvalue weighted by molar-refractivity contribution is 5.36. The molecule has 9 nitrogen and oxygen atoms in total. The summed E-state index contributed by atoms with van der Waals surface area (Å²) < 4.78 is 1.70. The van der Waals surface area contributed by atoms with Crippen LogP contribution in [0.4, 0.5) is 5.82 Å². The van der Waals surface area contributed by atoms with Crippen molar-refractivity contribution in [1.82, 2.24) is 24.4 Å². The molecular weight excluding hydrogens is 296 g/mol. The Labute approximate surface area is 134 Å². The monoisotopic (exact) mass is 314 g/mol. The van der Waals surface area contributed by atoms with Crippen LogP contribution in [0, 0.1) is 23.3 Å². The topological polar surface area (TPSA) is 103 Å². The SMILES string of the molecule is Cc1nccc(-n2cnc(N(C)N=O)c2)n1.N#CN1CCCC1. The van der Waals surface area contributed by atoms with Gasteiger partial charge in [0.25, 0.3) is 0 Å². The van der Waals surface area contributed by atoms with Crippen LogP contribution in [0.3, 0.4) is 0 Å². The molecule has 0 aromatic carbocycles. The average molecular weight is 314 g/mol. The van der Waals surface area contributed by atoms with Crippen LogP contribution in [-0.2, 0) is 0 Å². The normalized spacial score (nSPS) is 13.0. The van der Waals surface area contributed by atoms with Gasteiger partial charge in [-0.3, -0.25) is 4.57 Å². The van der Waals surface area contributed by atoms with Crippen LogP contribution in [-0.4, -0.2) is 44.6 Å². The Hall–Kier alpha value is -3.02. The number of rotatable bonds is 3. The third-order valence-corrected chi connectivity index (χ3v) is 3.30. The van der Waals surface area contributed by atoms with Gasteiger partial charge in [-0.05, 0) is 25.8 Å². The summed E-state index contributed by atoms with van der Waals surface area (Å²) in [5.74, 6) is 1.84. The van der Waals surface area contributed by atoms with Crippen LogP contribution in [0.5, 0.6) is 0 Å². The van der Waals surface area contributed by atoms with Crippen LogP contribution in [0.1, 0.15) is 18.7 Å². The molecule has 23 heavy (non-hydrogen) atoms. The standard InChI is InChI=1S/C9H10N6O.C5H8N2/c1-7-10-4-3-8(12-7)15-5-9(11-6-15)14(2)13-16;6-5-7-3-1-2-4-7/h3-6H,1-2H3;1-4H2. The maximum absolute atomic E-state index is 10.3. The van der Waals surface area contributed by atoms with E-state index in [1.165, 1.54) is 19.9 Å². The summed E-state index contributed by atoms with van der Waals surface area (Å²) in [6.45, 7) is 3.77. The Balaban J connectivity index is 0.000000229. The average Bonchev–Trinajstić information content (AvgIpc) is 3.26. The molecule has 1 aliphatic rings. The third kappa shape index (κ3) is 4.47. The van der Waals surface area contributed by atoms with E-state index in [1.807, 2.05) is 0 Å². The van der Waals surface area contributed by atoms with Gasteiger partial charge in [-0.25, -0.2) is 20.0 Å². The van der Waals surface area contributed by atoms with Crippen molar-refractivity contribution >= 4 is 5.82 Å². The molecule has 0 amide bonds. The van der Waals surface area contributed by atoms with Gasteiger partial charge in [-0.2, -0.15) is 5.26 Å². The second-order valence-electron chi connectivity index (χ2n) is 5.00. The van der Waals surface area contributed by atoms with Gasteiger partial charge < -0.3 is 4.90 Å². The fraction of sp³-hybridized carbons (Fsp3) is 0.429. The molecule has 0 N–H and O–H groups in total. The fourth-order valence-electron chi connectivity index (χ4n) is 2.05. The Bertz CT molecular complexity index is 686. The first-order chi connectivity index (χ1) is 11.1. The lowest BCUT2D eigenvalue weighted by molar-refractivity contribution is 0.487. The van der Waals surface area contributed by atoms with Crippen LogP contribution in [0.15, 0.2) is 30.1 Å². The highest BCUT2D eigenvalue weighted by atomic mass is 16.3. The first kappa shape index (κ1) is 16.4. The van der Waals surface area contributed by atoms with Crippen molar-refractivity contribution in [2.75, 3.05) is 25.1 Å². The molecule has 3 rings (SSSR count). The van der Waals surface area contributed by atoms with Crippen molar-refractivity contribution < 1.29 is 0 Å². The Morgan fingerprint density at radius 3 is 2.65 bits per heavy atom. The van der Waals surface area contributed by atoms with Gasteiger partial charge in [-0.15, -0.1) is 4.91 Å². The molecule has 120 valence electrons. The van der Waals surface area contributed by atoms with Crippen molar-refractivity contribution in [3.8, 4) is 12.0 Å². The maximum Gasteiger partial charge on any atom is 0.179 e. The molecule has 1 aliphatic heterocycles. The molecule has 9 heteroatoms. The van der Waals surface area contributed by atoms with E-state index in [4.69, 9.17) is 5.26 Å². The molecule has 0 aliphatic carbocycles. The summed E-state index contributed by atoms with van der Waals surface area (Å²) in [6.07, 6.45) is 9.40. The van der Waals surface area contributed by atoms with Crippen molar-refractivity contribution in [2.24, 2.45) is 5.29 Å². The number of nitrogens with zero attached hydrogens (tertiary/aromatic N) is 8. The quantitative estimate of drug-likeness (QED) is 0.482. The Morgan fingerprint density at radius 1 is 1.35 bits per heavy atom. The van der Waals surface area contributed by atoms with Gasteiger partial charge >= 0.3 is 0 Å². The maximum atomic E-state index is 10.3. The van der Waals surface area contributed by atoms with Crippen LogP contribution < -0.4 is 5.01 Å². The van der Waals surface area contributed by atoms with Crippen molar-refractivity contribution in [1.29, 1.82) is 5.26 Å². The molecule has 0 bridgehead atoms. The molecule has 1 saturated heterocycles. The summed E-state index contributed by atoms with van der Waals surface area (Å²) in [5, 5.41) is 12.1. The van der Waals surface area contributed by atoms with Gasteiger partial charge in [0.05, 0.1) is 11.5 Å². The van der Waals surface area contributed by atoms with Crippen molar-refractivity contribution in [3.05, 3.63) is 35.5 Å². The lowest BCUT2D eigenvalue weighted by Crippen LogP contribution is -2.10. The van der Waals surface area contributed by atoms with Gasteiger partial charge in [0.2, 0.25) is 0 Å². The smallest absolute Gasteiger partial charge is 0.179 e. The minimum atomic E-state index is 0.464. The van der Waals surface area contributed by atoms with Gasteiger partial charge in [0, 0.05) is 26.3 Å². The minimum Gasteiger partial charge on any atom is -0.311 e. The molecule has 0 atom stereocenters. The lowest BCUT2D eigenvalue weighted by atomic mass is 10.4. The minimum absolute atomic E-state index is 0.464. The molecular formula is C14H18N8O. The summed E-state index contributed by atoms with van der Waals surface area (Å²) >= 11 is 0. The number of anilines is 1. The molecule has 3 heterocycles. The number of imidazole rings is 1. The highest BCUT2D eigenvalue weighted by Gasteiger charge is 2.07.